The van der Waals surface area contributed by atoms with Gasteiger partial charge in [-0.25, -0.2) is 0 Å². The maximum Gasteiger partial charge on any atom is 0.0336 e. The Balaban J connectivity index is 0.000000250. The molecule has 1 aliphatic rings. The molecule has 0 aromatic heterocycles. The number of hydrogen-bond acceptors (Lipinski definition) is 0. The zero-order valence-corrected chi connectivity index (χ0v) is 7.51. The zero-order valence-electron chi connectivity index (χ0n) is 3.78. The van der Waals surface area contributed by atoms with E-state index in [9.17, 15) is 0 Å². The van der Waals surface area contributed by atoms with Gasteiger partial charge in [-0.1, -0.05) is 6.42 Å². The molecule has 6 heavy (non-hydrogen) atoms. The fraction of sp³-hybridized carbons (Fsp3) is 1.00. The molecule has 0 unspecified atom stereocenters. The van der Waals surface area contributed by atoms with Gasteiger partial charge in [0.25, 0.3) is 0 Å². The van der Waals surface area contributed by atoms with Gasteiger partial charge in [0.05, 0.1) is 0 Å². The minimum Gasteiger partial charge on any atom is -0.123 e. The van der Waals surface area contributed by atoms with Crippen molar-refractivity contribution in [1.29, 1.82) is 0 Å². The van der Waals surface area contributed by atoms with E-state index in [1.54, 1.807) is 0 Å². The van der Waals surface area contributed by atoms with Crippen LogP contribution in [-0.4, -0.2) is 5.38 Å². The monoisotopic (exact) mass is 154 g/mol. The van der Waals surface area contributed by atoms with Gasteiger partial charge in [-0.05, 0) is 12.8 Å². The molecule has 0 spiro atoms. The summed E-state index contributed by atoms with van der Waals surface area (Å²) in [7, 11) is 0. The van der Waals surface area contributed by atoms with Gasteiger partial charge >= 0.3 is 0 Å². The maximum atomic E-state index is 5.55. The van der Waals surface area contributed by atoms with Crippen LogP contribution in [0.1, 0.15) is 19.3 Å². The minimum absolute atomic E-state index is 0. The van der Waals surface area contributed by atoms with Crippen molar-refractivity contribution in [1.82, 2.24) is 0 Å². The number of rotatable bonds is 0. The molecule has 32 valence electrons. The molecule has 1 fully saturated rings. The average Bonchev–Trinajstić information content (AvgIpc) is 1.30. The van der Waals surface area contributed by atoms with Gasteiger partial charge in [-0.15, -0.1) is 11.6 Å². The van der Waals surface area contributed by atoms with E-state index in [2.05, 4.69) is 0 Å². The largest absolute Gasteiger partial charge is 0.123 e. The third kappa shape index (κ3) is 1.57. The molecule has 0 radical (unpaired) electrons. The van der Waals surface area contributed by atoms with E-state index < -0.39 is 0 Å². The van der Waals surface area contributed by atoms with Crippen LogP contribution in [0.25, 0.3) is 0 Å². The molecule has 0 aromatic carbocycles. The van der Waals surface area contributed by atoms with Crippen molar-refractivity contribution in [2.45, 2.75) is 24.6 Å². The molecule has 0 atom stereocenters. The molecule has 0 aromatic rings. The summed E-state index contributed by atoms with van der Waals surface area (Å²) >= 11 is 5.55. The molecule has 2 heteroatoms. The summed E-state index contributed by atoms with van der Waals surface area (Å²) in [5.41, 5.74) is 0. The van der Waals surface area contributed by atoms with Crippen molar-refractivity contribution in [3.63, 3.8) is 0 Å². The van der Waals surface area contributed by atoms with E-state index in [1.807, 2.05) is 0 Å². The van der Waals surface area contributed by atoms with Crippen LogP contribution in [-0.2, 0) is 19.5 Å². The topological polar surface area (TPSA) is 0 Å². The molecule has 0 amide bonds. The van der Waals surface area contributed by atoms with Crippen LogP contribution in [0.3, 0.4) is 0 Å². The van der Waals surface area contributed by atoms with Crippen molar-refractivity contribution in [3.8, 4) is 0 Å². The first-order valence-electron chi connectivity index (χ1n) is 2.03. The van der Waals surface area contributed by atoms with Crippen LogP contribution in [0.15, 0.2) is 0 Å². The van der Waals surface area contributed by atoms with E-state index in [0.29, 0.717) is 5.38 Å². The van der Waals surface area contributed by atoms with E-state index in [-0.39, 0.29) is 19.5 Å². The van der Waals surface area contributed by atoms with Gasteiger partial charge in [0.15, 0.2) is 0 Å². The molecule has 0 bridgehead atoms. The predicted octanol–water partition coefficient (Wildman–Crippen LogP) is 1.78. The molecule has 1 aliphatic carbocycles. The maximum absolute atomic E-state index is 5.55. The third-order valence-corrected chi connectivity index (χ3v) is 1.47. The van der Waals surface area contributed by atoms with Crippen LogP contribution in [0.5, 0.6) is 0 Å². The number of halogens is 1. The zero-order chi connectivity index (χ0) is 3.70. The molecule has 1 saturated carbocycles. The quantitative estimate of drug-likeness (QED) is 0.370. The third-order valence-electron chi connectivity index (χ3n) is 1.03. The summed E-state index contributed by atoms with van der Waals surface area (Å²) in [5.74, 6) is 0. The van der Waals surface area contributed by atoms with Gasteiger partial charge < -0.3 is 0 Å². The first-order chi connectivity index (χ1) is 2.39. The van der Waals surface area contributed by atoms with Crippen molar-refractivity contribution in [2.75, 3.05) is 0 Å². The molecular formula is C4H7ClZn. The van der Waals surface area contributed by atoms with Gasteiger partial charge in [-0.3, -0.25) is 0 Å². The first kappa shape index (κ1) is 6.91. The fourth-order valence-electron chi connectivity index (χ4n) is 0.358. The van der Waals surface area contributed by atoms with E-state index in [1.165, 1.54) is 19.3 Å². The number of hydrogen-bond donors (Lipinski definition) is 0. The molecular weight excluding hydrogens is 149 g/mol. The fourth-order valence-corrected chi connectivity index (χ4v) is 0.667. The molecule has 0 aliphatic heterocycles. The summed E-state index contributed by atoms with van der Waals surface area (Å²) < 4.78 is 0. The van der Waals surface area contributed by atoms with Crippen molar-refractivity contribution in [2.24, 2.45) is 0 Å². The normalized spacial score (nSPS) is 21.5. The molecule has 0 saturated heterocycles. The number of alkyl halides is 1. The second-order valence-corrected chi connectivity index (χ2v) is 2.15. The van der Waals surface area contributed by atoms with Crippen molar-refractivity contribution >= 4 is 11.6 Å². The Bertz CT molecular complexity index is 34.5. The van der Waals surface area contributed by atoms with Crippen molar-refractivity contribution < 1.29 is 19.5 Å². The predicted molar refractivity (Wildman–Crippen MR) is 23.5 cm³/mol. The van der Waals surface area contributed by atoms with Crippen molar-refractivity contribution in [3.05, 3.63) is 0 Å². The van der Waals surface area contributed by atoms with Crippen LogP contribution in [0.4, 0.5) is 0 Å². The summed E-state index contributed by atoms with van der Waals surface area (Å²) in [5, 5.41) is 0.537. The molecule has 0 heterocycles. The summed E-state index contributed by atoms with van der Waals surface area (Å²) in [6.07, 6.45) is 3.86. The Morgan fingerprint density at radius 3 is 1.67 bits per heavy atom. The van der Waals surface area contributed by atoms with Gasteiger partial charge in [0.1, 0.15) is 0 Å². The minimum atomic E-state index is 0. The van der Waals surface area contributed by atoms with Crippen LogP contribution in [0.2, 0.25) is 0 Å². The van der Waals surface area contributed by atoms with E-state index in [0.717, 1.165) is 0 Å². The van der Waals surface area contributed by atoms with Gasteiger partial charge in [0, 0.05) is 24.9 Å². The van der Waals surface area contributed by atoms with Crippen LogP contribution >= 0.6 is 11.6 Å². The molecule has 1 rings (SSSR count). The SMILES string of the molecule is ClC1CCC1.[Zn]. The second kappa shape index (κ2) is 2.99. The Morgan fingerprint density at radius 1 is 1.33 bits per heavy atom. The second-order valence-electron chi connectivity index (χ2n) is 1.53. The Kier molecular flexibility index (Phi) is 3.44. The van der Waals surface area contributed by atoms with E-state index >= 15 is 0 Å². The molecule has 0 N–H and O–H groups in total. The smallest absolute Gasteiger partial charge is 0.0336 e. The van der Waals surface area contributed by atoms with E-state index in [4.69, 9.17) is 11.6 Å². The molecule has 0 nitrogen and oxygen atoms in total. The summed E-state index contributed by atoms with van der Waals surface area (Å²) in [6.45, 7) is 0. The van der Waals surface area contributed by atoms with Crippen LogP contribution in [0, 0.1) is 0 Å². The Hall–Kier alpha value is 0.913. The van der Waals surface area contributed by atoms with Crippen LogP contribution < -0.4 is 0 Å². The standard InChI is InChI=1S/C4H7Cl.Zn/c5-4-2-1-3-4;/h4H,1-3H2;. The first-order valence-corrected chi connectivity index (χ1v) is 2.47. The average molecular weight is 156 g/mol. The Labute approximate surface area is 56.0 Å². The van der Waals surface area contributed by atoms with Gasteiger partial charge in [-0.2, -0.15) is 0 Å². The van der Waals surface area contributed by atoms with Gasteiger partial charge in [0.2, 0.25) is 0 Å². The summed E-state index contributed by atoms with van der Waals surface area (Å²) in [4.78, 5) is 0. The summed E-state index contributed by atoms with van der Waals surface area (Å²) in [6, 6.07) is 0. The Morgan fingerprint density at radius 2 is 1.67 bits per heavy atom.